The van der Waals surface area contributed by atoms with Crippen molar-refractivity contribution in [3.8, 4) is 17.2 Å². The molecular formula is C23H26Br2O5. The Kier molecular flexibility index (Phi) is 6.84. The summed E-state index contributed by atoms with van der Waals surface area (Å²) in [5, 5.41) is 20.9. The van der Waals surface area contributed by atoms with E-state index in [1.165, 1.54) is 0 Å². The van der Waals surface area contributed by atoms with Gasteiger partial charge in [-0.2, -0.15) is 0 Å². The van der Waals surface area contributed by atoms with Crippen LogP contribution >= 0.6 is 31.9 Å². The number of carbonyl (C=O) groups is 1. The number of rotatable bonds is 7. The van der Waals surface area contributed by atoms with E-state index in [1.807, 2.05) is 18.2 Å². The van der Waals surface area contributed by atoms with Gasteiger partial charge in [0, 0.05) is 5.56 Å². The monoisotopic (exact) mass is 540 g/mol. The number of ether oxygens (including phenoxy) is 2. The van der Waals surface area contributed by atoms with Crippen LogP contribution in [0.2, 0.25) is 0 Å². The van der Waals surface area contributed by atoms with Crippen molar-refractivity contribution in [2.45, 2.75) is 51.6 Å². The highest BCUT2D eigenvalue weighted by Gasteiger charge is 2.47. The molecule has 3 rings (SSSR count). The Morgan fingerprint density at radius 3 is 2.53 bits per heavy atom. The number of methoxy groups -OCH3 is 1. The Balaban J connectivity index is 2.03. The maximum absolute atomic E-state index is 11.7. The first-order chi connectivity index (χ1) is 14.1. The van der Waals surface area contributed by atoms with E-state index in [9.17, 15) is 15.0 Å². The maximum Gasteiger partial charge on any atom is 0.309 e. The zero-order valence-electron chi connectivity index (χ0n) is 17.5. The Morgan fingerprint density at radius 1 is 1.27 bits per heavy atom. The van der Waals surface area contributed by atoms with Crippen molar-refractivity contribution in [1.82, 2.24) is 0 Å². The average molecular weight is 542 g/mol. The van der Waals surface area contributed by atoms with Crippen LogP contribution in [0.5, 0.6) is 17.2 Å². The molecule has 0 fully saturated rings. The highest BCUT2D eigenvalue weighted by molar-refractivity contribution is 9.11. The molecule has 0 spiro atoms. The van der Waals surface area contributed by atoms with Gasteiger partial charge >= 0.3 is 5.97 Å². The molecule has 2 atom stereocenters. The van der Waals surface area contributed by atoms with E-state index in [1.54, 1.807) is 20.1 Å². The van der Waals surface area contributed by atoms with Crippen LogP contribution in [0.15, 0.2) is 33.2 Å². The number of aliphatic carboxylic acids is 1. The van der Waals surface area contributed by atoms with Crippen molar-refractivity contribution < 1.29 is 24.5 Å². The fourth-order valence-electron chi connectivity index (χ4n) is 4.24. The van der Waals surface area contributed by atoms with Gasteiger partial charge in [-0.25, -0.2) is 0 Å². The van der Waals surface area contributed by atoms with E-state index in [-0.39, 0.29) is 5.92 Å². The van der Waals surface area contributed by atoms with Gasteiger partial charge in [-0.3, -0.25) is 4.79 Å². The fourth-order valence-corrected chi connectivity index (χ4v) is 5.72. The SMILES string of the molecule is CCC(C(=O)O)C1(O)CCc2c1cc(Br)c(Oc1ccc(OC)c(C(C)C)c1)c2Br. The number of hydrogen-bond acceptors (Lipinski definition) is 4. The first-order valence-corrected chi connectivity index (χ1v) is 11.5. The van der Waals surface area contributed by atoms with Gasteiger partial charge in [-0.15, -0.1) is 0 Å². The Labute approximate surface area is 193 Å². The van der Waals surface area contributed by atoms with E-state index in [0.717, 1.165) is 21.3 Å². The Hall–Kier alpha value is -1.57. The van der Waals surface area contributed by atoms with Crippen molar-refractivity contribution in [3.05, 3.63) is 49.9 Å². The van der Waals surface area contributed by atoms with Crippen LogP contribution in [0.1, 0.15) is 56.2 Å². The van der Waals surface area contributed by atoms with Crippen LogP contribution in [0.3, 0.4) is 0 Å². The number of hydrogen-bond donors (Lipinski definition) is 2. The van der Waals surface area contributed by atoms with Crippen molar-refractivity contribution in [2.75, 3.05) is 7.11 Å². The summed E-state index contributed by atoms with van der Waals surface area (Å²) >= 11 is 7.19. The van der Waals surface area contributed by atoms with E-state index in [0.29, 0.717) is 40.8 Å². The molecule has 2 unspecified atom stereocenters. The quantitative estimate of drug-likeness (QED) is 0.425. The van der Waals surface area contributed by atoms with Gasteiger partial charge in [0.25, 0.3) is 0 Å². The van der Waals surface area contributed by atoms with E-state index in [2.05, 4.69) is 45.7 Å². The summed E-state index contributed by atoms with van der Waals surface area (Å²) in [7, 11) is 1.65. The molecule has 1 aliphatic carbocycles. The van der Waals surface area contributed by atoms with Crippen molar-refractivity contribution in [1.29, 1.82) is 0 Å². The van der Waals surface area contributed by atoms with Gasteiger partial charge in [-0.05, 0) is 92.4 Å². The van der Waals surface area contributed by atoms with Crippen LogP contribution in [0.25, 0.3) is 0 Å². The zero-order chi connectivity index (χ0) is 22.2. The summed E-state index contributed by atoms with van der Waals surface area (Å²) < 4.78 is 13.0. The van der Waals surface area contributed by atoms with Gasteiger partial charge in [0.05, 0.1) is 22.0 Å². The first-order valence-electron chi connectivity index (χ1n) is 9.96. The summed E-state index contributed by atoms with van der Waals surface area (Å²) in [5.74, 6) is 0.507. The van der Waals surface area contributed by atoms with E-state index in [4.69, 9.17) is 9.47 Å². The molecule has 0 saturated heterocycles. The van der Waals surface area contributed by atoms with Gasteiger partial charge in [-0.1, -0.05) is 20.8 Å². The Morgan fingerprint density at radius 2 is 1.97 bits per heavy atom. The maximum atomic E-state index is 11.7. The van der Waals surface area contributed by atoms with Gasteiger partial charge in [0.1, 0.15) is 17.1 Å². The topological polar surface area (TPSA) is 76.0 Å². The van der Waals surface area contributed by atoms with E-state index >= 15 is 0 Å². The number of carboxylic acids is 1. The lowest BCUT2D eigenvalue weighted by molar-refractivity contribution is -0.153. The van der Waals surface area contributed by atoms with Crippen molar-refractivity contribution >= 4 is 37.8 Å². The summed E-state index contributed by atoms with van der Waals surface area (Å²) in [6, 6.07) is 7.49. The minimum Gasteiger partial charge on any atom is -0.496 e. The molecule has 2 N–H and O–H groups in total. The molecule has 0 amide bonds. The van der Waals surface area contributed by atoms with Crippen LogP contribution in [0.4, 0.5) is 0 Å². The smallest absolute Gasteiger partial charge is 0.309 e. The van der Waals surface area contributed by atoms with Gasteiger partial charge in [0.15, 0.2) is 5.75 Å². The van der Waals surface area contributed by atoms with Crippen molar-refractivity contribution in [2.24, 2.45) is 5.92 Å². The molecule has 0 aromatic heterocycles. The summed E-state index contributed by atoms with van der Waals surface area (Å²) in [5.41, 5.74) is 1.17. The second-order valence-electron chi connectivity index (χ2n) is 7.91. The second kappa shape index (κ2) is 8.89. The Bertz CT molecular complexity index is 973. The largest absolute Gasteiger partial charge is 0.496 e. The molecule has 30 heavy (non-hydrogen) atoms. The van der Waals surface area contributed by atoms with Crippen LogP contribution in [0, 0.1) is 5.92 Å². The molecule has 5 nitrogen and oxygen atoms in total. The third-order valence-electron chi connectivity index (χ3n) is 5.83. The lowest BCUT2D eigenvalue weighted by Gasteiger charge is -2.30. The number of halogens is 2. The number of carboxylic acid groups (broad SMARTS) is 1. The minimum absolute atomic E-state index is 0.271. The van der Waals surface area contributed by atoms with Crippen LogP contribution in [-0.2, 0) is 16.8 Å². The normalized spacial score (nSPS) is 18.9. The van der Waals surface area contributed by atoms with Crippen LogP contribution < -0.4 is 9.47 Å². The highest BCUT2D eigenvalue weighted by Crippen LogP contribution is 2.51. The molecule has 0 heterocycles. The molecule has 1 aliphatic rings. The highest BCUT2D eigenvalue weighted by atomic mass is 79.9. The molecular weight excluding hydrogens is 516 g/mol. The van der Waals surface area contributed by atoms with Gasteiger partial charge in [0.2, 0.25) is 0 Å². The summed E-state index contributed by atoms with van der Waals surface area (Å²) in [6.45, 7) is 5.97. The predicted molar refractivity (Wildman–Crippen MR) is 123 cm³/mol. The summed E-state index contributed by atoms with van der Waals surface area (Å²) in [4.78, 5) is 11.7. The van der Waals surface area contributed by atoms with Gasteiger partial charge < -0.3 is 19.7 Å². The molecule has 0 radical (unpaired) electrons. The van der Waals surface area contributed by atoms with E-state index < -0.39 is 17.5 Å². The molecule has 0 aliphatic heterocycles. The molecule has 0 bridgehead atoms. The standard InChI is InChI=1S/C23H26Br2O5/c1-5-16(22(26)27)23(28)9-8-14-17(23)11-18(24)21(20(14)25)30-13-6-7-19(29-4)15(10-13)12(2)3/h6-7,10-12,16,28H,5,8-9H2,1-4H3,(H,26,27). The number of benzene rings is 2. The third-order valence-corrected chi connectivity index (χ3v) is 7.25. The first kappa shape index (κ1) is 23.1. The molecule has 0 saturated carbocycles. The third kappa shape index (κ3) is 3.99. The lowest BCUT2D eigenvalue weighted by Crippen LogP contribution is -2.37. The molecule has 162 valence electrons. The number of fused-ring (bicyclic) bond motifs is 1. The molecule has 7 heteroatoms. The number of aliphatic hydroxyl groups is 1. The average Bonchev–Trinajstić information content (AvgIpc) is 3.02. The summed E-state index contributed by atoms with van der Waals surface area (Å²) in [6.07, 6.45) is 1.28. The zero-order valence-corrected chi connectivity index (χ0v) is 20.6. The predicted octanol–water partition coefficient (Wildman–Crippen LogP) is 6.38. The second-order valence-corrected chi connectivity index (χ2v) is 9.56. The lowest BCUT2D eigenvalue weighted by atomic mass is 9.81. The van der Waals surface area contributed by atoms with Crippen molar-refractivity contribution in [3.63, 3.8) is 0 Å². The van der Waals surface area contributed by atoms with Crippen LogP contribution in [-0.4, -0.2) is 23.3 Å². The molecule has 2 aromatic rings. The molecule has 2 aromatic carbocycles. The minimum atomic E-state index is -1.40. The fraction of sp³-hybridized carbons (Fsp3) is 0.435.